The number of carbonyl (C=O) groups is 1. The molecule has 7 nitrogen and oxygen atoms in total. The summed E-state index contributed by atoms with van der Waals surface area (Å²) >= 11 is 0. The highest BCUT2D eigenvalue weighted by molar-refractivity contribution is 7.89. The molecule has 3 aromatic rings. The molecular weight excluding hydrogens is 402 g/mol. The second-order valence-electron chi connectivity index (χ2n) is 6.34. The average Bonchev–Trinajstić information content (AvgIpc) is 2.76. The van der Waals surface area contributed by atoms with Crippen molar-refractivity contribution in [1.82, 2.24) is 9.29 Å². The third-order valence-electron chi connectivity index (χ3n) is 4.42. The van der Waals surface area contributed by atoms with Gasteiger partial charge in [0.05, 0.1) is 4.90 Å². The first-order valence-corrected chi connectivity index (χ1v) is 11.0. The third kappa shape index (κ3) is 4.84. The molecule has 3 rings (SSSR count). The predicted molar refractivity (Wildman–Crippen MR) is 115 cm³/mol. The molecule has 8 heteroatoms. The predicted octanol–water partition coefficient (Wildman–Crippen LogP) is 4.16. The second kappa shape index (κ2) is 9.51. The van der Waals surface area contributed by atoms with E-state index >= 15 is 0 Å². The van der Waals surface area contributed by atoms with E-state index in [1.807, 2.05) is 18.2 Å². The molecule has 0 saturated carbocycles. The molecule has 1 aromatic heterocycles. The molecule has 156 valence electrons. The van der Waals surface area contributed by atoms with E-state index in [4.69, 9.17) is 4.74 Å². The minimum atomic E-state index is -3.66. The molecule has 30 heavy (non-hydrogen) atoms. The number of aromatic nitrogens is 1. The molecule has 0 atom stereocenters. The van der Waals surface area contributed by atoms with Gasteiger partial charge in [-0.3, -0.25) is 4.79 Å². The molecule has 2 aromatic carbocycles. The fourth-order valence-corrected chi connectivity index (χ4v) is 4.38. The van der Waals surface area contributed by atoms with Gasteiger partial charge < -0.3 is 10.1 Å². The monoisotopic (exact) mass is 425 g/mol. The summed E-state index contributed by atoms with van der Waals surface area (Å²) in [5.41, 5.74) is 0.598. The summed E-state index contributed by atoms with van der Waals surface area (Å²) in [6.07, 6.45) is 1.56. The van der Waals surface area contributed by atoms with Gasteiger partial charge >= 0.3 is 0 Å². The molecule has 0 aliphatic heterocycles. The van der Waals surface area contributed by atoms with E-state index in [1.165, 1.54) is 16.4 Å². The van der Waals surface area contributed by atoms with Gasteiger partial charge in [0, 0.05) is 24.8 Å². The molecule has 0 aliphatic carbocycles. The summed E-state index contributed by atoms with van der Waals surface area (Å²) in [6.45, 7) is 4.25. The lowest BCUT2D eigenvalue weighted by Crippen LogP contribution is -2.30. The Balaban J connectivity index is 1.84. The number of hydrogen-bond acceptors (Lipinski definition) is 5. The summed E-state index contributed by atoms with van der Waals surface area (Å²) < 4.78 is 32.6. The first-order valence-electron chi connectivity index (χ1n) is 9.55. The molecule has 0 spiro atoms. The largest absolute Gasteiger partial charge is 0.437 e. The van der Waals surface area contributed by atoms with Crippen molar-refractivity contribution in [3.05, 3.63) is 78.5 Å². The topological polar surface area (TPSA) is 88.6 Å². The van der Waals surface area contributed by atoms with Crippen LogP contribution in [0.4, 0.5) is 5.69 Å². The number of nitrogens with one attached hydrogen (secondary N) is 1. The molecular formula is C22H23N3O4S. The minimum Gasteiger partial charge on any atom is -0.437 e. The lowest BCUT2D eigenvalue weighted by molar-refractivity contribution is 0.102. The van der Waals surface area contributed by atoms with Crippen LogP contribution in [0.3, 0.4) is 0 Å². The summed E-state index contributed by atoms with van der Waals surface area (Å²) in [7, 11) is -3.66. The Morgan fingerprint density at radius 3 is 2.43 bits per heavy atom. The number of ether oxygens (including phenoxy) is 1. The van der Waals surface area contributed by atoms with Gasteiger partial charge in [-0.15, -0.1) is 0 Å². The number of anilines is 1. The number of hydrogen-bond donors (Lipinski definition) is 1. The normalized spacial score (nSPS) is 11.3. The highest BCUT2D eigenvalue weighted by atomic mass is 32.2. The number of rotatable bonds is 8. The standard InChI is InChI=1S/C22H23N3O4S/c1-3-25(4-2)30(27,28)19-13-8-10-17(16-19)21(26)24-20-14-9-15-23-22(20)29-18-11-6-5-7-12-18/h5-16H,3-4H2,1-2H3,(H,24,26). The van der Waals surface area contributed by atoms with E-state index in [-0.39, 0.29) is 16.3 Å². The van der Waals surface area contributed by atoms with Crippen LogP contribution in [0, 0.1) is 0 Å². The van der Waals surface area contributed by atoms with Crippen molar-refractivity contribution in [2.75, 3.05) is 18.4 Å². The highest BCUT2D eigenvalue weighted by Crippen LogP contribution is 2.27. The van der Waals surface area contributed by atoms with Crippen LogP contribution in [0.5, 0.6) is 11.6 Å². The number of carbonyl (C=O) groups excluding carboxylic acids is 1. The Bertz CT molecular complexity index is 1110. The van der Waals surface area contributed by atoms with E-state index in [0.29, 0.717) is 24.5 Å². The van der Waals surface area contributed by atoms with E-state index in [9.17, 15) is 13.2 Å². The van der Waals surface area contributed by atoms with Crippen LogP contribution in [0.1, 0.15) is 24.2 Å². The van der Waals surface area contributed by atoms with Crippen LogP contribution in [0.25, 0.3) is 0 Å². The maximum atomic E-state index is 12.8. The fraction of sp³-hybridized carbons (Fsp3) is 0.182. The van der Waals surface area contributed by atoms with Gasteiger partial charge in [-0.25, -0.2) is 13.4 Å². The van der Waals surface area contributed by atoms with Crippen molar-refractivity contribution >= 4 is 21.6 Å². The van der Waals surface area contributed by atoms with Gasteiger partial charge in [0.25, 0.3) is 5.91 Å². The Labute approximate surface area is 176 Å². The highest BCUT2D eigenvalue weighted by Gasteiger charge is 2.22. The number of pyridine rings is 1. The molecule has 0 radical (unpaired) electrons. The molecule has 0 bridgehead atoms. The second-order valence-corrected chi connectivity index (χ2v) is 8.28. The van der Waals surface area contributed by atoms with E-state index < -0.39 is 15.9 Å². The molecule has 0 aliphatic rings. The molecule has 0 unspecified atom stereocenters. The minimum absolute atomic E-state index is 0.0748. The first-order chi connectivity index (χ1) is 14.5. The maximum absolute atomic E-state index is 12.8. The zero-order valence-corrected chi connectivity index (χ0v) is 17.6. The average molecular weight is 426 g/mol. The quantitative estimate of drug-likeness (QED) is 0.585. The molecule has 0 saturated heterocycles. The van der Waals surface area contributed by atoms with E-state index in [2.05, 4.69) is 10.3 Å². The van der Waals surface area contributed by atoms with Crippen LogP contribution < -0.4 is 10.1 Å². The van der Waals surface area contributed by atoms with Gasteiger partial charge in [-0.05, 0) is 42.5 Å². The fourth-order valence-electron chi connectivity index (χ4n) is 2.87. The number of amides is 1. The van der Waals surface area contributed by atoms with Gasteiger partial charge in [0.15, 0.2) is 0 Å². The number of sulfonamides is 1. The van der Waals surface area contributed by atoms with Gasteiger partial charge in [0.1, 0.15) is 11.4 Å². The summed E-state index contributed by atoms with van der Waals surface area (Å²) in [6, 6.07) is 18.4. The Kier molecular flexibility index (Phi) is 6.81. The Morgan fingerprint density at radius 2 is 1.73 bits per heavy atom. The molecule has 0 fully saturated rings. The third-order valence-corrected chi connectivity index (χ3v) is 6.46. The van der Waals surface area contributed by atoms with E-state index in [1.54, 1.807) is 56.4 Å². The van der Waals surface area contributed by atoms with Crippen LogP contribution >= 0.6 is 0 Å². The van der Waals surface area contributed by atoms with Crippen molar-refractivity contribution in [3.63, 3.8) is 0 Å². The first kappa shape index (κ1) is 21.5. The Hall–Kier alpha value is -3.23. The number of benzene rings is 2. The zero-order valence-electron chi connectivity index (χ0n) is 16.8. The van der Waals surface area contributed by atoms with Crippen molar-refractivity contribution in [1.29, 1.82) is 0 Å². The summed E-state index contributed by atoms with van der Waals surface area (Å²) in [4.78, 5) is 17.1. The van der Waals surface area contributed by atoms with Crippen LogP contribution in [-0.2, 0) is 10.0 Å². The summed E-state index contributed by atoms with van der Waals surface area (Å²) in [5, 5.41) is 2.75. The van der Waals surface area contributed by atoms with Crippen LogP contribution in [0.15, 0.2) is 77.8 Å². The summed E-state index contributed by atoms with van der Waals surface area (Å²) in [5.74, 6) is 0.362. The molecule has 1 amide bonds. The maximum Gasteiger partial charge on any atom is 0.255 e. The number of nitrogens with zero attached hydrogens (tertiary/aromatic N) is 2. The molecule has 1 N–H and O–H groups in total. The smallest absolute Gasteiger partial charge is 0.255 e. The lowest BCUT2D eigenvalue weighted by atomic mass is 10.2. The lowest BCUT2D eigenvalue weighted by Gasteiger charge is -2.18. The number of para-hydroxylation sites is 1. The van der Waals surface area contributed by atoms with Crippen molar-refractivity contribution in [2.24, 2.45) is 0 Å². The van der Waals surface area contributed by atoms with Gasteiger partial charge in [0.2, 0.25) is 15.9 Å². The van der Waals surface area contributed by atoms with E-state index in [0.717, 1.165) is 0 Å². The van der Waals surface area contributed by atoms with Gasteiger partial charge in [-0.1, -0.05) is 38.1 Å². The van der Waals surface area contributed by atoms with Crippen molar-refractivity contribution in [2.45, 2.75) is 18.7 Å². The Morgan fingerprint density at radius 1 is 1.00 bits per heavy atom. The SMILES string of the molecule is CCN(CC)S(=O)(=O)c1cccc(C(=O)Nc2cccnc2Oc2ccccc2)c1. The van der Waals surface area contributed by atoms with Gasteiger partial charge in [-0.2, -0.15) is 4.31 Å². The van der Waals surface area contributed by atoms with Crippen molar-refractivity contribution in [3.8, 4) is 11.6 Å². The van der Waals surface area contributed by atoms with Crippen LogP contribution in [0.2, 0.25) is 0 Å². The van der Waals surface area contributed by atoms with Crippen LogP contribution in [-0.4, -0.2) is 36.7 Å². The van der Waals surface area contributed by atoms with Crippen molar-refractivity contribution < 1.29 is 17.9 Å². The zero-order chi connectivity index (χ0) is 21.6. The molecule has 1 heterocycles.